The van der Waals surface area contributed by atoms with Crippen LogP contribution in [-0.4, -0.2) is 45.8 Å². The number of fused-ring (bicyclic) bond motifs is 3. The van der Waals surface area contributed by atoms with E-state index in [1.807, 2.05) is 0 Å². The molecule has 0 aliphatic carbocycles. The van der Waals surface area contributed by atoms with Crippen molar-refractivity contribution in [2.45, 2.75) is 12.1 Å². The highest BCUT2D eigenvalue weighted by atomic mass is 35.5. The first kappa shape index (κ1) is 20.1. The van der Waals surface area contributed by atoms with Gasteiger partial charge in [0.2, 0.25) is 11.8 Å². The van der Waals surface area contributed by atoms with E-state index in [4.69, 9.17) is 11.6 Å². The topological polar surface area (TPSA) is 113 Å². The Labute approximate surface area is 186 Å². The third kappa shape index (κ3) is 2.85. The Morgan fingerprint density at radius 3 is 2.50 bits per heavy atom. The van der Waals surface area contributed by atoms with E-state index in [1.54, 1.807) is 42.5 Å². The fraction of sp³-hybridized carbons (Fsp3) is 0.182. The molecule has 0 aromatic heterocycles. The van der Waals surface area contributed by atoms with Crippen molar-refractivity contribution in [2.24, 2.45) is 16.9 Å². The molecule has 2 aromatic carbocycles. The number of non-ortho nitro benzene ring substituents is 1. The maximum absolute atomic E-state index is 13.5. The van der Waals surface area contributed by atoms with Gasteiger partial charge in [0.05, 0.1) is 33.5 Å². The molecule has 5 rings (SSSR count). The number of carbonyl (C=O) groups excluding carboxylic acids is 3. The average Bonchev–Trinajstić information content (AvgIpc) is 3.27. The van der Waals surface area contributed by atoms with E-state index in [2.05, 4.69) is 5.10 Å². The third-order valence-corrected chi connectivity index (χ3v) is 6.32. The Kier molecular flexibility index (Phi) is 4.63. The van der Waals surface area contributed by atoms with Gasteiger partial charge in [-0.25, -0.2) is 4.90 Å². The van der Waals surface area contributed by atoms with Crippen LogP contribution in [0.4, 0.5) is 11.4 Å². The number of benzene rings is 2. The van der Waals surface area contributed by atoms with Gasteiger partial charge in [0, 0.05) is 23.9 Å². The standard InChI is InChI=1S/C22H15ClN4O5/c23-14-9-8-13(27(31)32)11-16(14)25-21(29)17-15-7-4-10-24-26(15)19(18(17)22(25)30)20(28)12-5-2-1-3-6-12/h1-11,15,17-19H/t15-,17-,18-,19+/m0/s1. The Bertz CT molecular complexity index is 1230. The second kappa shape index (κ2) is 7.38. The van der Waals surface area contributed by atoms with E-state index in [0.29, 0.717) is 5.56 Å². The van der Waals surface area contributed by atoms with Crippen LogP contribution in [-0.2, 0) is 9.59 Å². The van der Waals surface area contributed by atoms with Gasteiger partial charge in [-0.2, -0.15) is 5.10 Å². The largest absolute Gasteiger partial charge is 0.292 e. The van der Waals surface area contributed by atoms with Crippen molar-refractivity contribution in [2.75, 3.05) is 4.90 Å². The van der Waals surface area contributed by atoms with Crippen LogP contribution in [0.3, 0.4) is 0 Å². The van der Waals surface area contributed by atoms with E-state index in [1.165, 1.54) is 23.4 Å². The molecule has 3 aliphatic rings. The highest BCUT2D eigenvalue weighted by Crippen LogP contribution is 2.47. The number of imide groups is 1. The van der Waals surface area contributed by atoms with Crippen molar-refractivity contribution in [1.29, 1.82) is 0 Å². The molecule has 4 atom stereocenters. The molecule has 0 bridgehead atoms. The average molecular weight is 451 g/mol. The number of allylic oxidation sites excluding steroid dienone is 1. The summed E-state index contributed by atoms with van der Waals surface area (Å²) in [6, 6.07) is 10.5. The zero-order valence-electron chi connectivity index (χ0n) is 16.4. The molecule has 0 unspecified atom stereocenters. The van der Waals surface area contributed by atoms with Crippen LogP contribution in [0, 0.1) is 22.0 Å². The lowest BCUT2D eigenvalue weighted by atomic mass is 9.86. The van der Waals surface area contributed by atoms with Crippen molar-refractivity contribution >= 4 is 46.8 Å². The minimum absolute atomic E-state index is 0.0253. The third-order valence-electron chi connectivity index (χ3n) is 6.00. The summed E-state index contributed by atoms with van der Waals surface area (Å²) in [5, 5.41) is 17.0. The number of nitrogens with zero attached hydrogens (tertiary/aromatic N) is 4. The van der Waals surface area contributed by atoms with Gasteiger partial charge in [-0.3, -0.25) is 29.5 Å². The number of hydrogen-bond donors (Lipinski definition) is 0. The Morgan fingerprint density at radius 1 is 1.06 bits per heavy atom. The highest BCUT2D eigenvalue weighted by Gasteiger charge is 2.64. The van der Waals surface area contributed by atoms with Crippen LogP contribution in [0.2, 0.25) is 5.02 Å². The number of rotatable bonds is 4. The number of Topliss-reactive ketones (excluding diaryl/α,β-unsaturated/α-hetero) is 1. The lowest BCUT2D eigenvalue weighted by molar-refractivity contribution is -0.384. The fourth-order valence-corrected chi connectivity index (χ4v) is 4.84. The summed E-state index contributed by atoms with van der Waals surface area (Å²) in [5.41, 5.74) is 0.0301. The van der Waals surface area contributed by atoms with Gasteiger partial charge in [-0.05, 0) is 12.1 Å². The number of amides is 2. The molecule has 2 saturated heterocycles. The highest BCUT2D eigenvalue weighted by molar-refractivity contribution is 6.36. The number of carbonyl (C=O) groups is 3. The van der Waals surface area contributed by atoms with Crippen LogP contribution in [0.15, 0.2) is 65.8 Å². The normalized spacial score (nSPS) is 25.8. The Balaban J connectivity index is 1.60. The number of hydrogen-bond acceptors (Lipinski definition) is 7. The van der Waals surface area contributed by atoms with Gasteiger partial charge in [-0.1, -0.05) is 48.0 Å². The van der Waals surface area contributed by atoms with Crippen molar-refractivity contribution in [3.05, 3.63) is 81.4 Å². The Morgan fingerprint density at radius 2 is 1.78 bits per heavy atom. The maximum Gasteiger partial charge on any atom is 0.271 e. The molecule has 9 nitrogen and oxygen atoms in total. The molecule has 0 radical (unpaired) electrons. The van der Waals surface area contributed by atoms with Crippen molar-refractivity contribution in [1.82, 2.24) is 5.01 Å². The zero-order valence-corrected chi connectivity index (χ0v) is 17.1. The van der Waals surface area contributed by atoms with E-state index in [0.717, 1.165) is 11.0 Å². The van der Waals surface area contributed by atoms with E-state index in [-0.39, 0.29) is 22.2 Å². The molecular formula is C22H15ClN4O5. The van der Waals surface area contributed by atoms with Crippen molar-refractivity contribution in [3.63, 3.8) is 0 Å². The summed E-state index contributed by atoms with van der Waals surface area (Å²) >= 11 is 6.22. The van der Waals surface area contributed by atoms with Crippen LogP contribution >= 0.6 is 11.6 Å². The quantitative estimate of drug-likeness (QED) is 0.306. The predicted octanol–water partition coefficient (Wildman–Crippen LogP) is 2.85. The van der Waals surface area contributed by atoms with Crippen molar-refractivity contribution < 1.29 is 19.3 Å². The Hall–Kier alpha value is -3.85. The zero-order chi connectivity index (χ0) is 22.6. The van der Waals surface area contributed by atoms with Gasteiger partial charge < -0.3 is 0 Å². The first-order valence-corrected chi connectivity index (χ1v) is 10.2. The molecule has 160 valence electrons. The summed E-state index contributed by atoms with van der Waals surface area (Å²) in [6.45, 7) is 0. The molecule has 0 saturated carbocycles. The van der Waals surface area contributed by atoms with Gasteiger partial charge >= 0.3 is 0 Å². The van der Waals surface area contributed by atoms with Gasteiger partial charge in [-0.15, -0.1) is 0 Å². The number of nitro groups is 1. The van der Waals surface area contributed by atoms with E-state index < -0.39 is 40.7 Å². The summed E-state index contributed by atoms with van der Waals surface area (Å²) in [7, 11) is 0. The van der Waals surface area contributed by atoms with E-state index >= 15 is 0 Å². The second-order valence-electron chi connectivity index (χ2n) is 7.65. The monoisotopic (exact) mass is 450 g/mol. The molecule has 32 heavy (non-hydrogen) atoms. The molecule has 10 heteroatoms. The smallest absolute Gasteiger partial charge is 0.271 e. The van der Waals surface area contributed by atoms with Crippen LogP contribution in [0.5, 0.6) is 0 Å². The predicted molar refractivity (Wildman–Crippen MR) is 115 cm³/mol. The minimum atomic E-state index is -1.00. The molecule has 3 heterocycles. The first-order valence-electron chi connectivity index (χ1n) is 9.80. The lowest BCUT2D eigenvalue weighted by Gasteiger charge is -2.30. The second-order valence-corrected chi connectivity index (χ2v) is 8.06. The molecular weight excluding hydrogens is 436 g/mol. The number of ketones is 1. The SMILES string of the molecule is O=C(c1ccccc1)[C@H]1[C@H]2C(=O)N(c3cc([N+](=O)[O-])ccc3Cl)C(=O)[C@H]2[C@@H]2C=CC=NN21. The summed E-state index contributed by atoms with van der Waals surface area (Å²) in [6.07, 6.45) is 4.90. The van der Waals surface area contributed by atoms with Crippen LogP contribution in [0.25, 0.3) is 0 Å². The molecule has 2 aromatic rings. The molecule has 2 amide bonds. The van der Waals surface area contributed by atoms with Gasteiger partial charge in [0.25, 0.3) is 5.69 Å². The van der Waals surface area contributed by atoms with Gasteiger partial charge in [0.15, 0.2) is 5.78 Å². The first-order chi connectivity index (χ1) is 15.4. The lowest BCUT2D eigenvalue weighted by Crippen LogP contribution is -2.46. The number of anilines is 1. The summed E-state index contributed by atoms with van der Waals surface area (Å²) in [5.74, 6) is -3.40. The fourth-order valence-electron chi connectivity index (χ4n) is 4.63. The van der Waals surface area contributed by atoms with Crippen LogP contribution in [0.1, 0.15) is 10.4 Å². The molecule has 0 spiro atoms. The summed E-state index contributed by atoms with van der Waals surface area (Å²) < 4.78 is 0. The molecule has 2 fully saturated rings. The maximum atomic E-state index is 13.5. The van der Waals surface area contributed by atoms with Crippen molar-refractivity contribution in [3.8, 4) is 0 Å². The minimum Gasteiger partial charge on any atom is -0.292 e. The van der Waals surface area contributed by atoms with Gasteiger partial charge in [0.1, 0.15) is 6.04 Å². The molecule has 3 aliphatic heterocycles. The van der Waals surface area contributed by atoms with E-state index in [9.17, 15) is 24.5 Å². The molecule has 0 N–H and O–H groups in total. The summed E-state index contributed by atoms with van der Waals surface area (Å²) in [4.78, 5) is 51.9. The van der Waals surface area contributed by atoms with Crippen LogP contribution < -0.4 is 4.90 Å². The number of halogens is 1. The number of nitro benzene ring substituents is 1. The number of hydrazone groups is 1.